The fourth-order valence-corrected chi connectivity index (χ4v) is 0.174. The molecule has 0 saturated carbocycles. The van der Waals surface area contributed by atoms with Gasteiger partial charge in [-0.15, -0.1) is 5.11 Å². The number of aliphatic imine (C=N–C) groups is 1. The van der Waals surface area contributed by atoms with Gasteiger partial charge in [-0.05, 0) is 0 Å². The van der Waals surface area contributed by atoms with Crippen LogP contribution in [0, 0.1) is 0 Å². The monoisotopic (exact) mass is 116 g/mol. The van der Waals surface area contributed by atoms with Gasteiger partial charge in [-0.2, -0.15) is 0 Å². The summed E-state index contributed by atoms with van der Waals surface area (Å²) >= 11 is 0. The van der Waals surface area contributed by atoms with Crippen LogP contribution in [0.3, 0.4) is 0 Å². The summed E-state index contributed by atoms with van der Waals surface area (Å²) < 4.78 is 4.55. The molecule has 0 aliphatic carbocycles. The van der Waals surface area contributed by atoms with Gasteiger partial charge in [0.05, 0.1) is 0 Å². The lowest BCUT2D eigenvalue weighted by Crippen LogP contribution is -1.82. The van der Waals surface area contributed by atoms with Crippen molar-refractivity contribution in [3.63, 3.8) is 0 Å². The average Bonchev–Trinajstić information content (AvgIpc) is 1.81. The molecule has 0 aliphatic heterocycles. The van der Waals surface area contributed by atoms with E-state index in [4.69, 9.17) is 0 Å². The van der Waals surface area contributed by atoms with Crippen LogP contribution in [0.2, 0.25) is 0 Å². The van der Waals surface area contributed by atoms with E-state index in [9.17, 15) is 0 Å². The largest absolute Gasteiger partial charge is 0.362 e. The molecule has 5 heteroatoms. The Hall–Kier alpha value is -0.970. The lowest BCUT2D eigenvalue weighted by Gasteiger charge is -1.82. The number of rotatable bonds is 3. The molecule has 0 aromatic heterocycles. The van der Waals surface area contributed by atoms with Crippen molar-refractivity contribution in [2.45, 2.75) is 0 Å². The summed E-state index contributed by atoms with van der Waals surface area (Å²) in [6.07, 6.45) is 1.23. The number of hydrogen-bond acceptors (Lipinski definition) is 3. The Morgan fingerprint density at radius 3 is 3.00 bits per heavy atom. The molecule has 0 heterocycles. The third kappa shape index (κ3) is 5.03. The van der Waals surface area contributed by atoms with Gasteiger partial charge in [-0.1, -0.05) is 5.22 Å². The minimum absolute atomic E-state index is 0.291. The third-order valence-corrected chi connectivity index (χ3v) is 0.404. The Bertz CT molecular complexity index is 89.3. The van der Waals surface area contributed by atoms with Crippen LogP contribution in [-0.2, 0) is 4.74 Å². The van der Waals surface area contributed by atoms with Crippen molar-refractivity contribution in [2.75, 3.05) is 13.8 Å². The van der Waals surface area contributed by atoms with Gasteiger partial charge >= 0.3 is 0 Å². The maximum atomic E-state index is 4.64. The summed E-state index contributed by atoms with van der Waals surface area (Å²) in [6, 6.07) is 0. The summed E-state index contributed by atoms with van der Waals surface area (Å²) in [7, 11) is 1.54. The molecule has 0 amide bonds. The van der Waals surface area contributed by atoms with E-state index in [2.05, 4.69) is 25.9 Å². The minimum atomic E-state index is 0.291. The second kappa shape index (κ2) is 6.03. The molecule has 0 aliphatic rings. The Kier molecular flexibility index (Phi) is 5.30. The number of nitrogens with zero attached hydrogens (tertiary/aromatic N) is 3. The summed E-state index contributed by atoms with van der Waals surface area (Å²) in [4.78, 5) is 3.59. The van der Waals surface area contributed by atoms with E-state index >= 15 is 0 Å². The second-order valence-electron chi connectivity index (χ2n) is 0.947. The Morgan fingerprint density at radius 2 is 2.50 bits per heavy atom. The van der Waals surface area contributed by atoms with Crippen molar-refractivity contribution in [3.8, 4) is 0 Å². The highest BCUT2D eigenvalue weighted by Crippen LogP contribution is 1.67. The first kappa shape index (κ1) is 7.03. The summed E-state index contributed by atoms with van der Waals surface area (Å²) in [5.41, 5.74) is 0. The molecule has 5 nitrogen and oxygen atoms in total. The first-order chi connectivity index (χ1) is 3.91. The second-order valence-corrected chi connectivity index (χ2v) is 0.947. The zero-order chi connectivity index (χ0) is 6.24. The quantitative estimate of drug-likeness (QED) is 0.184. The normalized spacial score (nSPS) is 11.6. The molecule has 0 rings (SSSR count). The van der Waals surface area contributed by atoms with Crippen molar-refractivity contribution in [1.82, 2.24) is 0 Å². The van der Waals surface area contributed by atoms with Gasteiger partial charge in [0.15, 0.2) is 0 Å². The Morgan fingerprint density at radius 1 is 1.75 bits per heavy atom. The van der Waals surface area contributed by atoms with E-state index in [0.29, 0.717) is 6.73 Å². The summed E-state index contributed by atoms with van der Waals surface area (Å²) in [5.74, 6) is 4.64. The SMILES string of the molecule is COC/N=C/N=NN. The topological polar surface area (TPSA) is 72.3 Å². The van der Waals surface area contributed by atoms with Crippen LogP contribution in [0.1, 0.15) is 0 Å². The van der Waals surface area contributed by atoms with Gasteiger partial charge in [0, 0.05) is 7.11 Å². The number of nitrogens with two attached hydrogens (primary N) is 1. The lowest BCUT2D eigenvalue weighted by molar-refractivity contribution is 0.209. The van der Waals surface area contributed by atoms with Crippen molar-refractivity contribution < 1.29 is 4.74 Å². The van der Waals surface area contributed by atoms with E-state index in [1.165, 1.54) is 13.4 Å². The zero-order valence-corrected chi connectivity index (χ0v) is 4.61. The average molecular weight is 116 g/mol. The molecular formula is C3H8N4O. The zero-order valence-electron chi connectivity index (χ0n) is 4.61. The van der Waals surface area contributed by atoms with E-state index in [1.54, 1.807) is 0 Å². The molecule has 0 radical (unpaired) electrons. The maximum absolute atomic E-state index is 4.64. The molecule has 8 heavy (non-hydrogen) atoms. The first-order valence-corrected chi connectivity index (χ1v) is 1.99. The molecule has 2 N–H and O–H groups in total. The first-order valence-electron chi connectivity index (χ1n) is 1.99. The van der Waals surface area contributed by atoms with Crippen molar-refractivity contribution in [3.05, 3.63) is 0 Å². The van der Waals surface area contributed by atoms with Gasteiger partial charge in [-0.25, -0.2) is 4.99 Å². The van der Waals surface area contributed by atoms with E-state index in [-0.39, 0.29) is 0 Å². The third-order valence-electron chi connectivity index (χ3n) is 0.404. The molecule has 0 bridgehead atoms. The van der Waals surface area contributed by atoms with Gasteiger partial charge < -0.3 is 10.6 Å². The van der Waals surface area contributed by atoms with Crippen LogP contribution in [0.15, 0.2) is 15.3 Å². The van der Waals surface area contributed by atoms with Crippen molar-refractivity contribution in [1.29, 1.82) is 0 Å². The number of ether oxygens (including phenoxy) is 1. The van der Waals surface area contributed by atoms with Crippen LogP contribution in [0.5, 0.6) is 0 Å². The summed E-state index contributed by atoms with van der Waals surface area (Å²) in [5, 5.41) is 6.17. The smallest absolute Gasteiger partial charge is 0.138 e. The van der Waals surface area contributed by atoms with E-state index in [0.717, 1.165) is 0 Å². The Labute approximate surface area is 47.2 Å². The van der Waals surface area contributed by atoms with E-state index in [1.807, 2.05) is 0 Å². The number of methoxy groups -OCH3 is 1. The highest BCUT2D eigenvalue weighted by atomic mass is 16.5. The standard InChI is InChI=1S/C3H8N4O/c1-8-3-5-2-6-7-4/h2H,3H2,1H3,(H2,4,5,6). The molecule has 0 atom stereocenters. The van der Waals surface area contributed by atoms with Crippen molar-refractivity contribution in [2.24, 2.45) is 21.2 Å². The van der Waals surface area contributed by atoms with Crippen LogP contribution in [0.25, 0.3) is 0 Å². The van der Waals surface area contributed by atoms with Gasteiger partial charge in [0.2, 0.25) is 0 Å². The molecule has 0 fully saturated rings. The van der Waals surface area contributed by atoms with Crippen LogP contribution in [-0.4, -0.2) is 20.2 Å². The van der Waals surface area contributed by atoms with Gasteiger partial charge in [-0.3, -0.25) is 0 Å². The molecular weight excluding hydrogens is 108 g/mol. The van der Waals surface area contributed by atoms with E-state index < -0.39 is 0 Å². The molecule has 0 spiro atoms. The summed E-state index contributed by atoms with van der Waals surface area (Å²) in [6.45, 7) is 0.291. The molecule has 0 saturated heterocycles. The van der Waals surface area contributed by atoms with Gasteiger partial charge in [0.1, 0.15) is 13.1 Å². The Balaban J connectivity index is 3.07. The number of hydrogen-bond donors (Lipinski definition) is 1. The highest BCUT2D eigenvalue weighted by molar-refractivity contribution is 5.53. The molecule has 0 aromatic rings. The molecule has 46 valence electrons. The van der Waals surface area contributed by atoms with Crippen molar-refractivity contribution >= 4 is 6.34 Å². The van der Waals surface area contributed by atoms with Crippen LogP contribution >= 0.6 is 0 Å². The molecule has 0 aromatic carbocycles. The predicted octanol–water partition coefficient (Wildman–Crippen LogP) is -0.0555. The van der Waals surface area contributed by atoms with Crippen LogP contribution < -0.4 is 5.84 Å². The predicted molar refractivity (Wildman–Crippen MR) is 29.4 cm³/mol. The maximum Gasteiger partial charge on any atom is 0.138 e. The fourth-order valence-electron chi connectivity index (χ4n) is 0.174. The fraction of sp³-hybridized carbons (Fsp3) is 0.667. The van der Waals surface area contributed by atoms with Gasteiger partial charge in [0.25, 0.3) is 0 Å². The highest BCUT2D eigenvalue weighted by Gasteiger charge is 1.66. The minimum Gasteiger partial charge on any atom is -0.362 e. The molecule has 0 unspecified atom stereocenters. The van der Waals surface area contributed by atoms with Crippen LogP contribution in [0.4, 0.5) is 0 Å². The lowest BCUT2D eigenvalue weighted by atomic mass is 11.2.